The highest BCUT2D eigenvalue weighted by Crippen LogP contribution is 2.24. The average Bonchev–Trinajstić information content (AvgIpc) is 2.83. The van der Waals surface area contributed by atoms with Crippen LogP contribution in [0, 0.1) is 0 Å². The lowest BCUT2D eigenvalue weighted by Gasteiger charge is -2.11. The van der Waals surface area contributed by atoms with E-state index in [4.69, 9.17) is 10.2 Å². The Morgan fingerprint density at radius 1 is 1.16 bits per heavy atom. The summed E-state index contributed by atoms with van der Waals surface area (Å²) in [6.07, 6.45) is -2.68. The minimum atomic E-state index is -4.67. The van der Waals surface area contributed by atoms with E-state index >= 15 is 0 Å². The maximum Gasteiger partial charge on any atom is 0.573 e. The van der Waals surface area contributed by atoms with E-state index in [1.807, 2.05) is 0 Å². The van der Waals surface area contributed by atoms with E-state index in [0.717, 1.165) is 5.56 Å². The molecule has 19 heavy (non-hydrogen) atoms. The summed E-state index contributed by atoms with van der Waals surface area (Å²) in [5.41, 5.74) is 6.71. The molecule has 0 amide bonds. The van der Waals surface area contributed by atoms with E-state index in [9.17, 15) is 13.2 Å². The minimum Gasteiger partial charge on any atom is -0.468 e. The van der Waals surface area contributed by atoms with Crippen molar-refractivity contribution < 1.29 is 22.3 Å². The van der Waals surface area contributed by atoms with Crippen molar-refractivity contribution in [2.75, 3.05) is 0 Å². The number of nitrogens with two attached hydrogens (primary N) is 1. The summed E-state index contributed by atoms with van der Waals surface area (Å²) >= 11 is 0. The standard InChI is InChI=1S/C13H12F3NO2/c14-13(15,16)19-10-5-3-9(4-6-10)8-11(17)12-2-1-7-18-12/h1-7,11H,8,17H2. The number of hydrogen-bond acceptors (Lipinski definition) is 3. The average molecular weight is 271 g/mol. The third-order valence-corrected chi connectivity index (χ3v) is 2.52. The summed E-state index contributed by atoms with van der Waals surface area (Å²) in [5, 5.41) is 0. The van der Waals surface area contributed by atoms with Gasteiger partial charge in [-0.3, -0.25) is 0 Å². The van der Waals surface area contributed by atoms with E-state index in [1.54, 1.807) is 24.3 Å². The number of furan rings is 1. The second kappa shape index (κ2) is 5.36. The Morgan fingerprint density at radius 2 is 1.84 bits per heavy atom. The fraction of sp³-hybridized carbons (Fsp3) is 0.231. The van der Waals surface area contributed by atoms with Gasteiger partial charge in [-0.1, -0.05) is 12.1 Å². The summed E-state index contributed by atoms with van der Waals surface area (Å²) in [6, 6.07) is 8.77. The molecule has 3 nitrogen and oxygen atoms in total. The van der Waals surface area contributed by atoms with Gasteiger partial charge in [-0.25, -0.2) is 0 Å². The third kappa shape index (κ3) is 4.03. The number of hydrogen-bond donors (Lipinski definition) is 1. The molecular formula is C13H12F3NO2. The molecule has 0 bridgehead atoms. The van der Waals surface area contributed by atoms with Crippen molar-refractivity contribution in [2.24, 2.45) is 5.73 Å². The topological polar surface area (TPSA) is 48.4 Å². The van der Waals surface area contributed by atoms with Crippen LogP contribution in [0.4, 0.5) is 13.2 Å². The van der Waals surface area contributed by atoms with E-state index in [1.165, 1.54) is 18.4 Å². The van der Waals surface area contributed by atoms with Crippen molar-refractivity contribution in [3.8, 4) is 5.75 Å². The molecule has 1 aromatic carbocycles. The van der Waals surface area contributed by atoms with Crippen LogP contribution in [0.3, 0.4) is 0 Å². The molecule has 0 radical (unpaired) electrons. The fourth-order valence-corrected chi connectivity index (χ4v) is 1.68. The van der Waals surface area contributed by atoms with Crippen LogP contribution in [0.1, 0.15) is 17.4 Å². The van der Waals surface area contributed by atoms with Gasteiger partial charge in [0.15, 0.2) is 0 Å². The number of rotatable bonds is 4. The molecule has 0 spiro atoms. The molecule has 102 valence electrons. The van der Waals surface area contributed by atoms with Crippen molar-refractivity contribution in [1.82, 2.24) is 0 Å². The Kier molecular flexibility index (Phi) is 3.80. The van der Waals surface area contributed by atoms with Gasteiger partial charge in [0, 0.05) is 0 Å². The van der Waals surface area contributed by atoms with Crippen molar-refractivity contribution in [3.63, 3.8) is 0 Å². The minimum absolute atomic E-state index is 0.247. The highest BCUT2D eigenvalue weighted by molar-refractivity contribution is 5.28. The lowest BCUT2D eigenvalue weighted by Crippen LogP contribution is -2.17. The zero-order chi connectivity index (χ0) is 13.9. The monoisotopic (exact) mass is 271 g/mol. The SMILES string of the molecule is NC(Cc1ccc(OC(F)(F)F)cc1)c1ccco1. The smallest absolute Gasteiger partial charge is 0.468 e. The highest BCUT2D eigenvalue weighted by atomic mass is 19.4. The van der Waals surface area contributed by atoms with Crippen LogP contribution < -0.4 is 10.5 Å². The van der Waals surface area contributed by atoms with E-state index in [2.05, 4.69) is 4.74 Å². The van der Waals surface area contributed by atoms with Crippen molar-refractivity contribution in [3.05, 3.63) is 54.0 Å². The van der Waals surface area contributed by atoms with Gasteiger partial charge >= 0.3 is 6.36 Å². The summed E-state index contributed by atoms with van der Waals surface area (Å²) in [7, 11) is 0. The quantitative estimate of drug-likeness (QED) is 0.926. The number of halogens is 3. The third-order valence-electron chi connectivity index (χ3n) is 2.52. The molecule has 2 rings (SSSR count). The van der Waals surface area contributed by atoms with Gasteiger partial charge in [0.05, 0.1) is 12.3 Å². The van der Waals surface area contributed by atoms with Gasteiger partial charge in [0.2, 0.25) is 0 Å². The molecule has 0 aliphatic heterocycles. The van der Waals surface area contributed by atoms with Crippen LogP contribution in [0.25, 0.3) is 0 Å². The van der Waals surface area contributed by atoms with Crippen molar-refractivity contribution in [1.29, 1.82) is 0 Å². The van der Waals surface area contributed by atoms with Crippen LogP contribution in [0.2, 0.25) is 0 Å². The van der Waals surface area contributed by atoms with Crippen molar-refractivity contribution >= 4 is 0 Å². The first-order valence-corrected chi connectivity index (χ1v) is 5.58. The largest absolute Gasteiger partial charge is 0.573 e. The van der Waals surface area contributed by atoms with Gasteiger partial charge in [-0.05, 0) is 36.2 Å². The van der Waals surface area contributed by atoms with Crippen LogP contribution >= 0.6 is 0 Å². The molecule has 6 heteroatoms. The molecule has 2 N–H and O–H groups in total. The molecule has 1 unspecified atom stereocenters. The first-order valence-electron chi connectivity index (χ1n) is 5.58. The Labute approximate surface area is 107 Å². The van der Waals surface area contributed by atoms with E-state index in [-0.39, 0.29) is 11.8 Å². The molecule has 2 aromatic rings. The summed E-state index contributed by atoms with van der Waals surface area (Å²) < 4.78 is 44.9. The van der Waals surface area contributed by atoms with Crippen LogP contribution in [0.15, 0.2) is 47.1 Å². The Morgan fingerprint density at radius 3 is 2.37 bits per heavy atom. The molecule has 1 atom stereocenters. The second-order valence-corrected chi connectivity index (χ2v) is 4.02. The zero-order valence-corrected chi connectivity index (χ0v) is 9.85. The normalized spacial score (nSPS) is 13.3. The molecule has 0 saturated heterocycles. The zero-order valence-electron chi connectivity index (χ0n) is 9.85. The predicted molar refractivity (Wildman–Crippen MR) is 62.5 cm³/mol. The molecule has 0 aliphatic rings. The number of benzene rings is 1. The van der Waals surface area contributed by atoms with Gasteiger partial charge < -0.3 is 14.9 Å². The summed E-state index contributed by atoms with van der Waals surface area (Å²) in [6.45, 7) is 0. The highest BCUT2D eigenvalue weighted by Gasteiger charge is 2.30. The number of ether oxygens (including phenoxy) is 1. The number of alkyl halides is 3. The molecule has 0 aliphatic carbocycles. The van der Waals surface area contributed by atoms with Gasteiger partial charge in [0.1, 0.15) is 11.5 Å². The summed E-state index contributed by atoms with van der Waals surface area (Å²) in [5.74, 6) is 0.387. The van der Waals surface area contributed by atoms with Gasteiger partial charge in [-0.15, -0.1) is 13.2 Å². The molecule has 0 saturated carbocycles. The van der Waals surface area contributed by atoms with E-state index in [0.29, 0.717) is 12.2 Å². The van der Waals surface area contributed by atoms with Crippen LogP contribution in [-0.4, -0.2) is 6.36 Å². The lowest BCUT2D eigenvalue weighted by atomic mass is 10.0. The van der Waals surface area contributed by atoms with Crippen molar-refractivity contribution in [2.45, 2.75) is 18.8 Å². The second-order valence-electron chi connectivity index (χ2n) is 4.02. The first-order chi connectivity index (χ1) is 8.94. The van der Waals surface area contributed by atoms with Crippen LogP contribution in [0.5, 0.6) is 5.75 Å². The Balaban J connectivity index is 1.99. The van der Waals surface area contributed by atoms with E-state index < -0.39 is 6.36 Å². The molecular weight excluding hydrogens is 259 g/mol. The maximum atomic E-state index is 12.0. The molecule has 0 fully saturated rings. The van der Waals surface area contributed by atoms with Gasteiger partial charge in [0.25, 0.3) is 0 Å². The molecule has 1 aromatic heterocycles. The van der Waals surface area contributed by atoms with Gasteiger partial charge in [-0.2, -0.15) is 0 Å². The molecule has 1 heterocycles. The predicted octanol–water partition coefficient (Wildman–Crippen LogP) is 3.42. The fourth-order valence-electron chi connectivity index (χ4n) is 1.68. The lowest BCUT2D eigenvalue weighted by molar-refractivity contribution is -0.274. The first kappa shape index (κ1) is 13.5. The summed E-state index contributed by atoms with van der Waals surface area (Å²) in [4.78, 5) is 0. The Bertz CT molecular complexity index is 506. The van der Waals surface area contributed by atoms with Crippen LogP contribution in [-0.2, 0) is 6.42 Å². The Hall–Kier alpha value is -1.95. The maximum absolute atomic E-state index is 12.0.